The highest BCUT2D eigenvalue weighted by molar-refractivity contribution is 5.75. The van der Waals surface area contributed by atoms with Gasteiger partial charge in [0.05, 0.1) is 12.0 Å². The van der Waals surface area contributed by atoms with Gasteiger partial charge in [0.2, 0.25) is 0 Å². The Morgan fingerprint density at radius 1 is 1.43 bits per heavy atom. The molecule has 21 heavy (non-hydrogen) atoms. The van der Waals surface area contributed by atoms with E-state index in [0.717, 1.165) is 18.5 Å². The van der Waals surface area contributed by atoms with E-state index in [9.17, 15) is 4.79 Å². The highest BCUT2D eigenvalue weighted by Gasteiger charge is 2.48. The topological polar surface area (TPSA) is 58.6 Å². The van der Waals surface area contributed by atoms with Crippen molar-refractivity contribution in [3.8, 4) is 0 Å². The minimum absolute atomic E-state index is 0.159. The molecule has 1 fully saturated rings. The molecular formula is C17H25NO3. The number of benzene rings is 1. The van der Waals surface area contributed by atoms with Gasteiger partial charge in [0.1, 0.15) is 0 Å². The summed E-state index contributed by atoms with van der Waals surface area (Å²) in [5, 5.41) is 12.6. The standard InChI is InChI=1S/C17H25NO3/c1-11(16(19)20)13-7-5-12(6-8-13)10-18-14-9-15(21-4)17(14,2)3/h5-8,11,14-15,18H,9-10H2,1-4H3,(H,19,20). The van der Waals surface area contributed by atoms with E-state index in [0.29, 0.717) is 12.1 Å². The fourth-order valence-electron chi connectivity index (χ4n) is 2.94. The van der Waals surface area contributed by atoms with Crippen molar-refractivity contribution in [3.63, 3.8) is 0 Å². The minimum Gasteiger partial charge on any atom is -0.481 e. The van der Waals surface area contributed by atoms with Gasteiger partial charge in [-0.25, -0.2) is 0 Å². The third-order valence-electron chi connectivity index (χ3n) is 4.86. The maximum absolute atomic E-state index is 11.0. The maximum Gasteiger partial charge on any atom is 0.310 e. The van der Waals surface area contributed by atoms with Crippen molar-refractivity contribution in [2.75, 3.05) is 7.11 Å². The number of ether oxygens (including phenoxy) is 1. The first-order chi connectivity index (χ1) is 9.86. The molecular weight excluding hydrogens is 266 g/mol. The molecule has 4 heteroatoms. The van der Waals surface area contributed by atoms with Gasteiger partial charge in [-0.1, -0.05) is 38.1 Å². The van der Waals surface area contributed by atoms with Gasteiger partial charge < -0.3 is 15.2 Å². The van der Waals surface area contributed by atoms with Crippen LogP contribution in [0.1, 0.15) is 44.2 Å². The zero-order chi connectivity index (χ0) is 15.6. The number of hydrogen-bond acceptors (Lipinski definition) is 3. The van der Waals surface area contributed by atoms with Crippen molar-refractivity contribution in [3.05, 3.63) is 35.4 Å². The smallest absolute Gasteiger partial charge is 0.310 e. The summed E-state index contributed by atoms with van der Waals surface area (Å²) in [6.07, 6.45) is 1.37. The van der Waals surface area contributed by atoms with Gasteiger partial charge in [-0.15, -0.1) is 0 Å². The molecule has 116 valence electrons. The molecule has 0 bridgehead atoms. The lowest BCUT2D eigenvalue weighted by Gasteiger charge is -2.51. The second-order valence-electron chi connectivity index (χ2n) is 6.52. The monoisotopic (exact) mass is 291 g/mol. The predicted octanol–water partition coefficient (Wildman–Crippen LogP) is 2.78. The van der Waals surface area contributed by atoms with Crippen LogP contribution in [0, 0.1) is 5.41 Å². The Kier molecular flexibility index (Phi) is 4.69. The molecule has 1 aromatic carbocycles. The van der Waals surface area contributed by atoms with E-state index >= 15 is 0 Å². The molecule has 4 nitrogen and oxygen atoms in total. The lowest BCUT2D eigenvalue weighted by molar-refractivity contribution is -0.138. The van der Waals surface area contributed by atoms with Crippen LogP contribution in [0.15, 0.2) is 24.3 Å². The quantitative estimate of drug-likeness (QED) is 0.846. The highest BCUT2D eigenvalue weighted by Crippen LogP contribution is 2.42. The highest BCUT2D eigenvalue weighted by atomic mass is 16.5. The van der Waals surface area contributed by atoms with Gasteiger partial charge >= 0.3 is 5.97 Å². The van der Waals surface area contributed by atoms with E-state index in [2.05, 4.69) is 19.2 Å². The molecule has 0 saturated heterocycles. The Hall–Kier alpha value is -1.39. The second-order valence-corrected chi connectivity index (χ2v) is 6.52. The van der Waals surface area contributed by atoms with E-state index in [1.54, 1.807) is 14.0 Å². The lowest BCUT2D eigenvalue weighted by atomic mass is 9.64. The van der Waals surface area contributed by atoms with Crippen LogP contribution in [0.25, 0.3) is 0 Å². The van der Waals surface area contributed by atoms with Gasteiger partial charge in [-0.2, -0.15) is 0 Å². The van der Waals surface area contributed by atoms with Crippen molar-refractivity contribution in [1.29, 1.82) is 0 Å². The van der Waals surface area contributed by atoms with E-state index in [1.165, 1.54) is 5.56 Å². The van der Waals surface area contributed by atoms with Crippen LogP contribution in [0.3, 0.4) is 0 Å². The summed E-state index contributed by atoms with van der Waals surface area (Å²) in [6, 6.07) is 8.27. The predicted molar refractivity (Wildman–Crippen MR) is 82.3 cm³/mol. The number of aliphatic carboxylic acids is 1. The Morgan fingerprint density at radius 3 is 2.52 bits per heavy atom. The zero-order valence-electron chi connectivity index (χ0n) is 13.2. The van der Waals surface area contributed by atoms with E-state index in [4.69, 9.17) is 9.84 Å². The van der Waals surface area contributed by atoms with Crippen LogP contribution in [0.5, 0.6) is 0 Å². The summed E-state index contributed by atoms with van der Waals surface area (Å²) in [6.45, 7) is 6.95. The summed E-state index contributed by atoms with van der Waals surface area (Å²) in [4.78, 5) is 11.0. The van der Waals surface area contributed by atoms with Gasteiger partial charge in [0, 0.05) is 25.1 Å². The summed E-state index contributed by atoms with van der Waals surface area (Å²) in [5.74, 6) is -1.25. The molecule has 0 heterocycles. The summed E-state index contributed by atoms with van der Waals surface area (Å²) < 4.78 is 5.45. The second kappa shape index (κ2) is 6.16. The Labute approximate surface area is 126 Å². The van der Waals surface area contributed by atoms with E-state index in [-0.39, 0.29) is 5.41 Å². The summed E-state index contributed by atoms with van der Waals surface area (Å²) in [5.41, 5.74) is 2.18. The number of methoxy groups -OCH3 is 1. The molecule has 1 aromatic rings. The summed E-state index contributed by atoms with van der Waals surface area (Å²) >= 11 is 0. The first kappa shape index (κ1) is 16.0. The fraction of sp³-hybridized carbons (Fsp3) is 0.588. The SMILES string of the molecule is COC1CC(NCc2ccc(C(C)C(=O)O)cc2)C1(C)C. The van der Waals surface area contributed by atoms with Crippen LogP contribution in [-0.4, -0.2) is 30.3 Å². The van der Waals surface area contributed by atoms with Gasteiger partial charge in [0.15, 0.2) is 0 Å². The summed E-state index contributed by atoms with van der Waals surface area (Å²) in [7, 11) is 1.77. The average Bonchev–Trinajstić information content (AvgIpc) is 2.46. The van der Waals surface area contributed by atoms with Crippen LogP contribution >= 0.6 is 0 Å². The van der Waals surface area contributed by atoms with Crippen LogP contribution < -0.4 is 5.32 Å². The molecule has 3 atom stereocenters. The molecule has 3 unspecified atom stereocenters. The van der Waals surface area contributed by atoms with Gasteiger partial charge in [-0.05, 0) is 24.5 Å². The van der Waals surface area contributed by atoms with Crippen LogP contribution in [0.2, 0.25) is 0 Å². The van der Waals surface area contributed by atoms with Crippen molar-refractivity contribution in [2.45, 2.75) is 51.8 Å². The third-order valence-corrected chi connectivity index (χ3v) is 4.86. The number of rotatable bonds is 6. The molecule has 2 rings (SSSR count). The first-order valence-corrected chi connectivity index (χ1v) is 7.44. The first-order valence-electron chi connectivity index (χ1n) is 7.44. The Morgan fingerprint density at radius 2 is 2.05 bits per heavy atom. The van der Waals surface area contributed by atoms with Gasteiger partial charge in [0.25, 0.3) is 0 Å². The molecule has 0 aromatic heterocycles. The number of carboxylic acids is 1. The normalized spacial score (nSPS) is 25.1. The molecule has 2 N–H and O–H groups in total. The Balaban J connectivity index is 1.89. The minimum atomic E-state index is -0.789. The number of carbonyl (C=O) groups is 1. The number of carboxylic acid groups (broad SMARTS) is 1. The Bertz CT molecular complexity index is 495. The van der Waals surface area contributed by atoms with Crippen molar-refractivity contribution in [2.24, 2.45) is 5.41 Å². The van der Waals surface area contributed by atoms with Crippen molar-refractivity contribution < 1.29 is 14.6 Å². The zero-order valence-corrected chi connectivity index (χ0v) is 13.2. The van der Waals surface area contributed by atoms with E-state index < -0.39 is 11.9 Å². The molecule has 0 radical (unpaired) electrons. The van der Waals surface area contributed by atoms with Crippen LogP contribution in [0.4, 0.5) is 0 Å². The fourth-order valence-corrected chi connectivity index (χ4v) is 2.94. The lowest BCUT2D eigenvalue weighted by Crippen LogP contribution is -2.60. The third kappa shape index (κ3) is 3.27. The van der Waals surface area contributed by atoms with Gasteiger partial charge in [-0.3, -0.25) is 4.79 Å². The van der Waals surface area contributed by atoms with Crippen molar-refractivity contribution in [1.82, 2.24) is 5.32 Å². The number of hydrogen-bond donors (Lipinski definition) is 2. The van der Waals surface area contributed by atoms with Crippen LogP contribution in [-0.2, 0) is 16.1 Å². The average molecular weight is 291 g/mol. The molecule has 1 saturated carbocycles. The van der Waals surface area contributed by atoms with Crippen molar-refractivity contribution >= 4 is 5.97 Å². The molecule has 0 spiro atoms. The number of nitrogens with one attached hydrogen (secondary N) is 1. The molecule has 0 amide bonds. The molecule has 0 aliphatic heterocycles. The largest absolute Gasteiger partial charge is 0.481 e. The maximum atomic E-state index is 11.0. The molecule has 1 aliphatic carbocycles. The van der Waals surface area contributed by atoms with E-state index in [1.807, 2.05) is 24.3 Å². The molecule has 1 aliphatic rings.